The average Bonchev–Trinajstić information content (AvgIpc) is 2.63. The van der Waals surface area contributed by atoms with Gasteiger partial charge in [-0.05, 0) is 57.1 Å². The van der Waals surface area contributed by atoms with Gasteiger partial charge >= 0.3 is 0 Å². The molecule has 132 valence electrons. The molecule has 26 heavy (non-hydrogen) atoms. The third kappa shape index (κ3) is 3.63. The molecule has 3 aromatic rings. The van der Waals surface area contributed by atoms with Gasteiger partial charge in [0.2, 0.25) is 0 Å². The summed E-state index contributed by atoms with van der Waals surface area (Å²) >= 11 is 8.68. The molecular weight excluding hydrogens is 416 g/mol. The summed E-state index contributed by atoms with van der Waals surface area (Å²) in [5.41, 5.74) is 0.754. The van der Waals surface area contributed by atoms with Crippen LogP contribution in [-0.4, -0.2) is 23.2 Å². The summed E-state index contributed by atoms with van der Waals surface area (Å²) in [5.74, 6) is 0.0444. The molecule has 0 bridgehead atoms. The van der Waals surface area contributed by atoms with E-state index < -0.39 is 5.91 Å². The third-order valence-corrected chi connectivity index (χ3v) is 4.76. The van der Waals surface area contributed by atoms with E-state index in [9.17, 15) is 9.90 Å². The molecule has 7 heteroatoms. The Bertz CT molecular complexity index is 1010. The van der Waals surface area contributed by atoms with E-state index >= 15 is 0 Å². The summed E-state index contributed by atoms with van der Waals surface area (Å²) in [7, 11) is 1.50. The van der Waals surface area contributed by atoms with Crippen LogP contribution in [0.3, 0.4) is 0 Å². The number of nitrogens with one attached hydrogen (secondary N) is 2. The molecule has 0 radical (unpaired) electrons. The number of halogens is 1. The van der Waals surface area contributed by atoms with Crippen molar-refractivity contribution in [1.29, 1.82) is 0 Å². The number of benzene rings is 3. The average molecular weight is 431 g/mol. The number of carbonyl (C=O) groups excluding carboxylic acids is 1. The van der Waals surface area contributed by atoms with Gasteiger partial charge in [-0.1, -0.05) is 36.4 Å². The minimum atomic E-state index is -0.416. The van der Waals surface area contributed by atoms with Crippen molar-refractivity contribution in [3.8, 4) is 11.5 Å². The predicted octanol–water partition coefficient (Wildman–Crippen LogP) is 4.44. The zero-order valence-corrected chi connectivity index (χ0v) is 16.1. The first kappa shape index (κ1) is 18.2. The zero-order chi connectivity index (χ0) is 18.7. The number of hydrogen-bond acceptors (Lipinski definition) is 4. The molecule has 0 aromatic heterocycles. The molecule has 3 rings (SSSR count). The van der Waals surface area contributed by atoms with Crippen molar-refractivity contribution >= 4 is 55.6 Å². The quantitative estimate of drug-likeness (QED) is 0.423. The number of rotatable bonds is 3. The van der Waals surface area contributed by atoms with Gasteiger partial charge in [0.05, 0.1) is 22.8 Å². The SMILES string of the molecule is COc1c(C(=O)NC(=S)Nc2ccccc2O)cc2ccccc2c1Br. The van der Waals surface area contributed by atoms with Gasteiger partial charge in [0, 0.05) is 0 Å². The normalized spacial score (nSPS) is 10.4. The third-order valence-electron chi connectivity index (χ3n) is 3.77. The van der Waals surface area contributed by atoms with Crippen molar-refractivity contribution in [2.45, 2.75) is 0 Å². The van der Waals surface area contributed by atoms with Gasteiger partial charge in [0.25, 0.3) is 5.91 Å². The standard InChI is InChI=1S/C19H15BrN2O3S/c1-25-17-13(10-11-6-2-3-7-12(11)16(17)20)18(24)22-19(26)21-14-8-4-5-9-15(14)23/h2-10,23H,1H3,(H2,21,22,24,26). The minimum absolute atomic E-state index is 0.0372. The smallest absolute Gasteiger partial charge is 0.261 e. The molecule has 0 aliphatic carbocycles. The number of ether oxygens (including phenoxy) is 1. The predicted molar refractivity (Wildman–Crippen MR) is 110 cm³/mol. The van der Waals surface area contributed by atoms with Crippen molar-refractivity contribution < 1.29 is 14.6 Å². The summed E-state index contributed by atoms with van der Waals surface area (Å²) in [5, 5.41) is 17.1. The lowest BCUT2D eigenvalue weighted by Gasteiger charge is -2.15. The van der Waals surface area contributed by atoms with Crippen LogP contribution in [0.1, 0.15) is 10.4 Å². The van der Waals surface area contributed by atoms with Crippen LogP contribution in [0, 0.1) is 0 Å². The maximum Gasteiger partial charge on any atom is 0.261 e. The highest BCUT2D eigenvalue weighted by molar-refractivity contribution is 9.10. The number of aromatic hydroxyl groups is 1. The Morgan fingerprint density at radius 2 is 1.85 bits per heavy atom. The largest absolute Gasteiger partial charge is 0.506 e. The van der Waals surface area contributed by atoms with Crippen molar-refractivity contribution in [3.63, 3.8) is 0 Å². The number of hydrogen-bond donors (Lipinski definition) is 3. The second-order valence-electron chi connectivity index (χ2n) is 5.42. The second-order valence-corrected chi connectivity index (χ2v) is 6.62. The van der Waals surface area contributed by atoms with E-state index in [1.54, 1.807) is 24.3 Å². The summed E-state index contributed by atoms with van der Waals surface area (Å²) < 4.78 is 6.11. The highest BCUT2D eigenvalue weighted by Crippen LogP contribution is 2.36. The lowest BCUT2D eigenvalue weighted by Crippen LogP contribution is -2.34. The number of phenolic OH excluding ortho intramolecular Hbond substituents is 1. The van der Waals surface area contributed by atoms with Gasteiger partial charge in [0.1, 0.15) is 11.5 Å². The number of thiocarbonyl (C=S) groups is 1. The summed E-state index contributed by atoms with van der Waals surface area (Å²) in [6, 6.07) is 16.0. The number of amides is 1. The van der Waals surface area contributed by atoms with E-state index in [0.29, 0.717) is 21.5 Å². The first-order chi connectivity index (χ1) is 12.5. The van der Waals surface area contributed by atoms with E-state index in [0.717, 1.165) is 10.8 Å². The minimum Gasteiger partial charge on any atom is -0.506 e. The van der Waals surface area contributed by atoms with Crippen molar-refractivity contribution in [1.82, 2.24) is 5.32 Å². The number of anilines is 1. The lowest BCUT2D eigenvalue weighted by molar-refractivity contribution is 0.0975. The van der Waals surface area contributed by atoms with Crippen LogP contribution in [0.5, 0.6) is 11.5 Å². The van der Waals surface area contributed by atoms with E-state index in [4.69, 9.17) is 17.0 Å². The fourth-order valence-electron chi connectivity index (χ4n) is 2.56. The van der Waals surface area contributed by atoms with Gasteiger partial charge in [-0.15, -0.1) is 0 Å². The van der Waals surface area contributed by atoms with Crippen LogP contribution in [0.4, 0.5) is 5.69 Å². The highest BCUT2D eigenvalue weighted by Gasteiger charge is 2.19. The van der Waals surface area contributed by atoms with Gasteiger partial charge < -0.3 is 15.2 Å². The maximum atomic E-state index is 12.7. The molecule has 0 unspecified atom stereocenters. The zero-order valence-electron chi connectivity index (χ0n) is 13.7. The molecule has 0 fully saturated rings. The summed E-state index contributed by atoms with van der Waals surface area (Å²) in [6.07, 6.45) is 0. The molecule has 5 nitrogen and oxygen atoms in total. The Labute approximate surface area is 164 Å². The van der Waals surface area contributed by atoms with E-state index in [2.05, 4.69) is 26.6 Å². The molecule has 0 atom stereocenters. The number of para-hydroxylation sites is 2. The van der Waals surface area contributed by atoms with Crippen molar-refractivity contribution in [2.24, 2.45) is 0 Å². The number of fused-ring (bicyclic) bond motifs is 1. The van der Waals surface area contributed by atoms with Crippen LogP contribution in [0.2, 0.25) is 0 Å². The second kappa shape index (κ2) is 7.72. The Balaban J connectivity index is 1.88. The Kier molecular flexibility index (Phi) is 5.39. The Morgan fingerprint density at radius 3 is 2.58 bits per heavy atom. The lowest BCUT2D eigenvalue weighted by atomic mass is 10.1. The number of methoxy groups -OCH3 is 1. The van der Waals surface area contributed by atoms with E-state index in [1.165, 1.54) is 13.2 Å². The Hall–Kier alpha value is -2.64. The van der Waals surface area contributed by atoms with Crippen LogP contribution in [0.25, 0.3) is 10.8 Å². The molecule has 3 N–H and O–H groups in total. The molecular formula is C19H15BrN2O3S. The van der Waals surface area contributed by atoms with E-state index in [1.807, 2.05) is 24.3 Å². The fourth-order valence-corrected chi connectivity index (χ4v) is 3.50. The molecule has 0 aliphatic heterocycles. The monoisotopic (exact) mass is 430 g/mol. The molecule has 0 spiro atoms. The van der Waals surface area contributed by atoms with Gasteiger partial charge in [-0.25, -0.2) is 0 Å². The van der Waals surface area contributed by atoms with Crippen LogP contribution < -0.4 is 15.4 Å². The molecule has 0 heterocycles. The molecule has 0 aliphatic rings. The van der Waals surface area contributed by atoms with Crippen LogP contribution in [-0.2, 0) is 0 Å². The highest BCUT2D eigenvalue weighted by atomic mass is 79.9. The van der Waals surface area contributed by atoms with E-state index in [-0.39, 0.29) is 10.9 Å². The van der Waals surface area contributed by atoms with Crippen LogP contribution >= 0.6 is 28.1 Å². The number of carbonyl (C=O) groups is 1. The van der Waals surface area contributed by atoms with Crippen molar-refractivity contribution in [2.75, 3.05) is 12.4 Å². The van der Waals surface area contributed by atoms with Gasteiger partial charge in [-0.3, -0.25) is 10.1 Å². The van der Waals surface area contributed by atoms with Crippen molar-refractivity contribution in [3.05, 3.63) is 64.6 Å². The molecule has 0 saturated heterocycles. The first-order valence-electron chi connectivity index (χ1n) is 7.67. The Morgan fingerprint density at radius 1 is 1.15 bits per heavy atom. The maximum absolute atomic E-state index is 12.7. The fraction of sp³-hybridized carbons (Fsp3) is 0.0526. The van der Waals surface area contributed by atoms with Gasteiger partial charge in [-0.2, -0.15) is 0 Å². The summed E-state index contributed by atoms with van der Waals surface area (Å²) in [6.45, 7) is 0. The first-order valence-corrected chi connectivity index (χ1v) is 8.87. The molecule has 3 aromatic carbocycles. The molecule has 1 amide bonds. The topological polar surface area (TPSA) is 70.6 Å². The molecule has 0 saturated carbocycles. The summed E-state index contributed by atoms with van der Waals surface area (Å²) in [4.78, 5) is 12.7. The number of phenols is 1. The van der Waals surface area contributed by atoms with Crippen LogP contribution in [0.15, 0.2) is 59.1 Å². The van der Waals surface area contributed by atoms with Gasteiger partial charge in [0.15, 0.2) is 5.11 Å².